The number of amides is 1. The molecular formula is C10H6ClF3N2O. The number of carbonyl (C=O) groups is 1. The Morgan fingerprint density at radius 1 is 1.47 bits per heavy atom. The van der Waals surface area contributed by atoms with Crippen molar-refractivity contribution in [2.45, 2.75) is 12.6 Å². The van der Waals surface area contributed by atoms with E-state index in [1.807, 2.05) is 0 Å². The van der Waals surface area contributed by atoms with Crippen molar-refractivity contribution >= 4 is 23.2 Å². The first kappa shape index (κ1) is 13.3. The lowest BCUT2D eigenvalue weighted by Crippen LogP contribution is -2.11. The van der Waals surface area contributed by atoms with Gasteiger partial charge in [-0.15, -0.1) is 0 Å². The maximum Gasteiger partial charge on any atom is 0.417 e. The lowest BCUT2D eigenvalue weighted by atomic mass is 10.2. The molecule has 0 spiro atoms. The minimum absolute atomic E-state index is 0.114. The summed E-state index contributed by atoms with van der Waals surface area (Å²) in [5.74, 6) is -0.608. The Labute approximate surface area is 99.8 Å². The molecule has 0 unspecified atom stereocenters. The second kappa shape index (κ2) is 5.06. The minimum atomic E-state index is -4.54. The van der Waals surface area contributed by atoms with Crippen molar-refractivity contribution in [2.24, 2.45) is 0 Å². The lowest BCUT2D eigenvalue weighted by molar-refractivity contribution is -0.137. The fourth-order valence-electron chi connectivity index (χ4n) is 1.10. The molecule has 0 aliphatic rings. The first-order chi connectivity index (χ1) is 7.84. The van der Waals surface area contributed by atoms with Crippen LogP contribution in [-0.2, 0) is 11.0 Å². The van der Waals surface area contributed by atoms with Gasteiger partial charge in [-0.2, -0.15) is 18.4 Å². The van der Waals surface area contributed by atoms with Gasteiger partial charge in [0.05, 0.1) is 16.7 Å². The monoisotopic (exact) mass is 262 g/mol. The van der Waals surface area contributed by atoms with E-state index in [0.717, 1.165) is 18.2 Å². The van der Waals surface area contributed by atoms with E-state index >= 15 is 0 Å². The van der Waals surface area contributed by atoms with E-state index in [2.05, 4.69) is 5.32 Å². The maximum atomic E-state index is 12.3. The molecule has 17 heavy (non-hydrogen) atoms. The summed E-state index contributed by atoms with van der Waals surface area (Å²) in [6.45, 7) is 0. The summed E-state index contributed by atoms with van der Waals surface area (Å²) in [5.41, 5.74) is -0.860. The Kier molecular flexibility index (Phi) is 3.97. The molecule has 0 fully saturated rings. The van der Waals surface area contributed by atoms with Crippen LogP contribution in [0, 0.1) is 11.3 Å². The third kappa shape index (κ3) is 3.64. The van der Waals surface area contributed by atoms with Crippen molar-refractivity contribution in [3.05, 3.63) is 28.8 Å². The highest BCUT2D eigenvalue weighted by Crippen LogP contribution is 2.35. The summed E-state index contributed by atoms with van der Waals surface area (Å²) in [5, 5.41) is 9.98. The number of halogens is 4. The number of hydrogen-bond acceptors (Lipinski definition) is 2. The third-order valence-corrected chi connectivity index (χ3v) is 2.11. The van der Waals surface area contributed by atoms with E-state index < -0.39 is 22.7 Å². The summed E-state index contributed by atoms with van der Waals surface area (Å²) >= 11 is 5.44. The minimum Gasteiger partial charge on any atom is -0.325 e. The molecule has 0 bridgehead atoms. The van der Waals surface area contributed by atoms with E-state index in [4.69, 9.17) is 16.9 Å². The molecule has 0 atom stereocenters. The standard InChI is InChI=1S/C10H6ClF3N2O/c11-8-5-6(16-9(17)3-4-15)1-2-7(8)10(12,13)14/h1-2,5H,3H2,(H,16,17). The quantitative estimate of drug-likeness (QED) is 0.890. The fraction of sp³-hybridized carbons (Fsp3) is 0.200. The predicted octanol–water partition coefficient (Wildman–Crippen LogP) is 3.21. The largest absolute Gasteiger partial charge is 0.417 e. The van der Waals surface area contributed by atoms with Crippen molar-refractivity contribution in [3.8, 4) is 6.07 Å². The van der Waals surface area contributed by atoms with Gasteiger partial charge in [-0.3, -0.25) is 4.79 Å². The van der Waals surface area contributed by atoms with Gasteiger partial charge in [-0.25, -0.2) is 0 Å². The number of nitriles is 1. The van der Waals surface area contributed by atoms with Crippen LogP contribution < -0.4 is 5.32 Å². The van der Waals surface area contributed by atoms with Gasteiger partial charge in [-0.1, -0.05) is 11.6 Å². The van der Waals surface area contributed by atoms with E-state index in [-0.39, 0.29) is 12.1 Å². The Morgan fingerprint density at radius 2 is 2.12 bits per heavy atom. The van der Waals surface area contributed by atoms with Gasteiger partial charge < -0.3 is 5.32 Å². The molecule has 1 amide bonds. The van der Waals surface area contributed by atoms with Crippen LogP contribution in [0.25, 0.3) is 0 Å². The van der Waals surface area contributed by atoms with Gasteiger partial charge in [0.1, 0.15) is 6.42 Å². The number of nitrogens with zero attached hydrogens (tertiary/aromatic N) is 1. The highest BCUT2D eigenvalue weighted by molar-refractivity contribution is 6.31. The van der Waals surface area contributed by atoms with Gasteiger partial charge in [0, 0.05) is 5.69 Å². The third-order valence-electron chi connectivity index (χ3n) is 1.80. The lowest BCUT2D eigenvalue weighted by Gasteiger charge is -2.10. The number of anilines is 1. The average Bonchev–Trinajstić information content (AvgIpc) is 2.15. The highest BCUT2D eigenvalue weighted by Gasteiger charge is 2.33. The van der Waals surface area contributed by atoms with Crippen molar-refractivity contribution in [3.63, 3.8) is 0 Å². The van der Waals surface area contributed by atoms with Gasteiger partial charge in [0.25, 0.3) is 0 Å². The van der Waals surface area contributed by atoms with Crippen molar-refractivity contribution in [1.29, 1.82) is 5.26 Å². The fourth-order valence-corrected chi connectivity index (χ4v) is 1.39. The molecule has 0 aliphatic carbocycles. The SMILES string of the molecule is N#CCC(=O)Nc1ccc(C(F)(F)F)c(Cl)c1. The summed E-state index contributed by atoms with van der Waals surface area (Å²) in [7, 11) is 0. The number of hydrogen-bond donors (Lipinski definition) is 1. The number of benzene rings is 1. The highest BCUT2D eigenvalue weighted by atomic mass is 35.5. The van der Waals surface area contributed by atoms with Crippen LogP contribution in [0.5, 0.6) is 0 Å². The Balaban J connectivity index is 2.91. The van der Waals surface area contributed by atoms with Crippen molar-refractivity contribution in [1.82, 2.24) is 0 Å². The van der Waals surface area contributed by atoms with Crippen molar-refractivity contribution in [2.75, 3.05) is 5.32 Å². The van der Waals surface area contributed by atoms with E-state index in [1.54, 1.807) is 6.07 Å². The molecule has 0 radical (unpaired) electrons. The Hall–Kier alpha value is -1.74. The van der Waals surface area contributed by atoms with Gasteiger partial charge in [0.15, 0.2) is 0 Å². The first-order valence-electron chi connectivity index (χ1n) is 4.38. The summed E-state index contributed by atoms with van der Waals surface area (Å²) in [4.78, 5) is 11.0. The van der Waals surface area contributed by atoms with Crippen LogP contribution in [0.4, 0.5) is 18.9 Å². The number of nitrogens with one attached hydrogen (secondary N) is 1. The molecule has 90 valence electrons. The maximum absolute atomic E-state index is 12.3. The molecule has 0 saturated carbocycles. The summed E-state index contributed by atoms with van der Waals surface area (Å²) < 4.78 is 37.0. The second-order valence-electron chi connectivity index (χ2n) is 3.08. The molecule has 0 aliphatic heterocycles. The number of alkyl halides is 3. The zero-order valence-electron chi connectivity index (χ0n) is 8.31. The zero-order valence-corrected chi connectivity index (χ0v) is 9.06. The van der Waals surface area contributed by atoms with Crippen LogP contribution in [0.1, 0.15) is 12.0 Å². The number of carbonyl (C=O) groups excluding carboxylic acids is 1. The summed E-state index contributed by atoms with van der Waals surface area (Å²) in [6, 6.07) is 4.44. The van der Waals surface area contributed by atoms with E-state index in [9.17, 15) is 18.0 Å². The van der Waals surface area contributed by atoms with E-state index in [0.29, 0.717) is 0 Å². The van der Waals surface area contributed by atoms with Crippen molar-refractivity contribution < 1.29 is 18.0 Å². The molecule has 0 aromatic heterocycles. The zero-order chi connectivity index (χ0) is 13.1. The van der Waals surface area contributed by atoms with E-state index in [1.165, 1.54) is 0 Å². The van der Waals surface area contributed by atoms with Crippen LogP contribution in [0.15, 0.2) is 18.2 Å². The topological polar surface area (TPSA) is 52.9 Å². The van der Waals surface area contributed by atoms with Gasteiger partial charge in [0.2, 0.25) is 5.91 Å². The Morgan fingerprint density at radius 3 is 2.59 bits per heavy atom. The Bertz CT molecular complexity index is 479. The van der Waals surface area contributed by atoms with Gasteiger partial charge in [-0.05, 0) is 18.2 Å². The number of rotatable bonds is 2. The smallest absolute Gasteiger partial charge is 0.325 e. The normalized spacial score (nSPS) is 10.8. The first-order valence-corrected chi connectivity index (χ1v) is 4.76. The molecule has 0 heterocycles. The van der Waals surface area contributed by atoms with Gasteiger partial charge >= 0.3 is 6.18 Å². The molecule has 0 saturated heterocycles. The molecule has 1 aromatic carbocycles. The van der Waals surface area contributed by atoms with Crippen LogP contribution >= 0.6 is 11.6 Å². The predicted molar refractivity (Wildman–Crippen MR) is 55.3 cm³/mol. The van der Waals surface area contributed by atoms with Crippen LogP contribution in [-0.4, -0.2) is 5.91 Å². The average molecular weight is 263 g/mol. The molecule has 1 N–H and O–H groups in total. The van der Waals surface area contributed by atoms with Crippen LogP contribution in [0.3, 0.4) is 0 Å². The molecule has 7 heteroatoms. The second-order valence-corrected chi connectivity index (χ2v) is 3.48. The van der Waals surface area contributed by atoms with Crippen LogP contribution in [0.2, 0.25) is 5.02 Å². The molecule has 3 nitrogen and oxygen atoms in total. The summed E-state index contributed by atoms with van der Waals surface area (Å²) in [6.07, 6.45) is -4.91. The molecule has 1 rings (SSSR count). The molecule has 1 aromatic rings. The molecular weight excluding hydrogens is 257 g/mol.